The van der Waals surface area contributed by atoms with Crippen LogP contribution >= 0.6 is 11.6 Å². The third-order valence-electron chi connectivity index (χ3n) is 6.49. The fraction of sp³-hybridized carbons (Fsp3) is 0.148. The molecule has 1 unspecified atom stereocenters. The number of carbonyl (C=O) groups is 2. The summed E-state index contributed by atoms with van der Waals surface area (Å²) < 4.78 is 28.1. The van der Waals surface area contributed by atoms with Gasteiger partial charge in [-0.15, -0.1) is 0 Å². The van der Waals surface area contributed by atoms with Gasteiger partial charge in [0.1, 0.15) is 6.04 Å². The number of carbonyl (C=O) groups excluding carboxylic acids is 2. The molecule has 0 bridgehead atoms. The van der Waals surface area contributed by atoms with Crippen LogP contribution in [0.15, 0.2) is 90.1 Å². The topological polar surface area (TPSA) is 114 Å². The monoisotopic (exact) mass is 534 g/mol. The number of piperazine rings is 1. The number of halogens is 1. The second kappa shape index (κ2) is 9.93. The van der Waals surface area contributed by atoms with E-state index < -0.39 is 22.0 Å². The zero-order chi connectivity index (χ0) is 26.2. The van der Waals surface area contributed by atoms with E-state index in [4.69, 9.17) is 17.3 Å². The second-order valence-electron chi connectivity index (χ2n) is 8.75. The number of hydrogen-bond donors (Lipinski definition) is 1. The zero-order valence-electron chi connectivity index (χ0n) is 19.6. The molecule has 0 spiro atoms. The van der Waals surface area contributed by atoms with Crippen molar-refractivity contribution in [2.75, 3.05) is 19.6 Å². The summed E-state index contributed by atoms with van der Waals surface area (Å²) in [6.07, 6.45) is 3.37. The molecular formula is C27H23ClN4O4S. The van der Waals surface area contributed by atoms with Crippen LogP contribution in [0.25, 0.3) is 21.9 Å². The third kappa shape index (κ3) is 4.93. The Hall–Kier alpha value is -3.79. The molecule has 2 heterocycles. The van der Waals surface area contributed by atoms with Gasteiger partial charge in [-0.2, -0.15) is 4.31 Å². The lowest BCUT2D eigenvalue weighted by atomic mass is 10.0. The van der Waals surface area contributed by atoms with E-state index in [-0.39, 0.29) is 30.4 Å². The molecular weight excluding hydrogens is 512 g/mol. The molecule has 3 aromatic carbocycles. The normalized spacial score (nSPS) is 16.6. The van der Waals surface area contributed by atoms with Gasteiger partial charge in [0.25, 0.3) is 5.91 Å². The third-order valence-corrected chi connectivity index (χ3v) is 8.59. The van der Waals surface area contributed by atoms with Crippen LogP contribution in [-0.4, -0.2) is 60.1 Å². The minimum Gasteiger partial charge on any atom is -0.368 e. The highest BCUT2D eigenvalue weighted by Gasteiger charge is 2.39. The molecule has 1 aliphatic heterocycles. The molecule has 5 rings (SSSR count). The van der Waals surface area contributed by atoms with E-state index in [0.717, 1.165) is 21.9 Å². The Balaban J connectivity index is 1.36. The van der Waals surface area contributed by atoms with Crippen LogP contribution in [0.3, 0.4) is 0 Å². The van der Waals surface area contributed by atoms with Crippen molar-refractivity contribution in [3.63, 3.8) is 0 Å². The van der Waals surface area contributed by atoms with Crippen LogP contribution in [-0.2, 0) is 14.8 Å². The summed E-state index contributed by atoms with van der Waals surface area (Å²) in [6.45, 7) is -0.163. The van der Waals surface area contributed by atoms with E-state index in [0.29, 0.717) is 10.6 Å². The number of amides is 2. The molecule has 1 saturated heterocycles. The van der Waals surface area contributed by atoms with Crippen LogP contribution in [0.2, 0.25) is 5.02 Å². The van der Waals surface area contributed by atoms with Gasteiger partial charge in [-0.3, -0.25) is 14.6 Å². The molecule has 4 aromatic rings. The molecule has 1 atom stereocenters. The minimum absolute atomic E-state index is 0.0287. The summed E-state index contributed by atoms with van der Waals surface area (Å²) in [7, 11) is -3.93. The fourth-order valence-corrected chi connectivity index (χ4v) is 6.14. The summed E-state index contributed by atoms with van der Waals surface area (Å²) in [4.78, 5) is 31.1. The molecule has 8 nitrogen and oxygen atoms in total. The zero-order valence-corrected chi connectivity index (χ0v) is 21.2. The van der Waals surface area contributed by atoms with Crippen LogP contribution in [0.5, 0.6) is 0 Å². The Labute approximate surface area is 219 Å². The van der Waals surface area contributed by atoms with Gasteiger partial charge in [0.05, 0.1) is 4.90 Å². The Morgan fingerprint density at radius 1 is 0.865 bits per heavy atom. The first kappa shape index (κ1) is 24.9. The summed E-state index contributed by atoms with van der Waals surface area (Å²) >= 11 is 6.03. The smallest absolute Gasteiger partial charge is 0.254 e. The number of nitrogens with zero attached hydrogens (tertiary/aromatic N) is 3. The van der Waals surface area contributed by atoms with Crippen LogP contribution in [0.4, 0.5) is 0 Å². The van der Waals surface area contributed by atoms with E-state index in [2.05, 4.69) is 4.98 Å². The van der Waals surface area contributed by atoms with Gasteiger partial charge in [-0.1, -0.05) is 35.9 Å². The highest BCUT2D eigenvalue weighted by molar-refractivity contribution is 7.89. The lowest BCUT2D eigenvalue weighted by molar-refractivity contribution is -0.123. The average Bonchev–Trinajstić information content (AvgIpc) is 2.92. The molecule has 37 heavy (non-hydrogen) atoms. The molecule has 2 N–H and O–H groups in total. The first-order chi connectivity index (χ1) is 17.7. The molecule has 10 heteroatoms. The van der Waals surface area contributed by atoms with Crippen molar-refractivity contribution in [3.05, 3.63) is 95.8 Å². The summed E-state index contributed by atoms with van der Waals surface area (Å²) in [5, 5.41) is 2.09. The molecule has 0 radical (unpaired) electrons. The number of rotatable bonds is 5. The predicted octanol–water partition coefficient (Wildman–Crippen LogP) is 3.56. The molecule has 1 aliphatic rings. The largest absolute Gasteiger partial charge is 0.368 e. The van der Waals surface area contributed by atoms with Crippen molar-refractivity contribution >= 4 is 44.2 Å². The van der Waals surface area contributed by atoms with Crippen molar-refractivity contribution in [1.82, 2.24) is 14.2 Å². The van der Waals surface area contributed by atoms with Crippen molar-refractivity contribution in [1.29, 1.82) is 0 Å². The lowest BCUT2D eigenvalue weighted by Crippen LogP contribution is -2.60. The van der Waals surface area contributed by atoms with E-state index in [1.807, 2.05) is 24.3 Å². The van der Waals surface area contributed by atoms with Crippen LogP contribution in [0, 0.1) is 0 Å². The van der Waals surface area contributed by atoms with Crippen molar-refractivity contribution < 1.29 is 18.0 Å². The maximum atomic E-state index is 13.4. The highest BCUT2D eigenvalue weighted by Crippen LogP contribution is 2.27. The van der Waals surface area contributed by atoms with Gasteiger partial charge >= 0.3 is 0 Å². The number of nitrogens with two attached hydrogens (primary N) is 1. The minimum atomic E-state index is -3.93. The van der Waals surface area contributed by atoms with E-state index in [1.54, 1.807) is 54.9 Å². The molecule has 0 saturated carbocycles. The maximum Gasteiger partial charge on any atom is 0.254 e. The molecule has 1 fully saturated rings. The van der Waals surface area contributed by atoms with Crippen LogP contribution in [0.1, 0.15) is 10.4 Å². The standard InChI is InChI=1S/C27H23ClN4O4S/c28-23-7-5-22-16-24(8-6-21(22)15-23)37(35,36)31-13-14-32(25(17-31)26(29)33)27(34)20-3-1-18(2-4-20)19-9-11-30-12-10-19/h1-12,15-16,25H,13-14,17H2,(H2,29,33). The summed E-state index contributed by atoms with van der Waals surface area (Å²) in [5.74, 6) is -1.15. The van der Waals surface area contributed by atoms with Gasteiger partial charge in [-0.25, -0.2) is 8.42 Å². The van der Waals surface area contributed by atoms with E-state index >= 15 is 0 Å². The number of sulfonamides is 1. The average molecular weight is 535 g/mol. The van der Waals surface area contributed by atoms with E-state index in [9.17, 15) is 18.0 Å². The number of benzene rings is 3. The van der Waals surface area contributed by atoms with E-state index in [1.165, 1.54) is 15.3 Å². The first-order valence-electron chi connectivity index (χ1n) is 11.5. The van der Waals surface area contributed by atoms with Gasteiger partial charge in [0.2, 0.25) is 15.9 Å². The van der Waals surface area contributed by atoms with Gasteiger partial charge in [0, 0.05) is 42.6 Å². The number of pyridine rings is 1. The van der Waals surface area contributed by atoms with Crippen molar-refractivity contribution in [2.24, 2.45) is 5.73 Å². The predicted molar refractivity (Wildman–Crippen MR) is 141 cm³/mol. The molecule has 0 aliphatic carbocycles. The molecule has 1 aromatic heterocycles. The van der Waals surface area contributed by atoms with Crippen molar-refractivity contribution in [2.45, 2.75) is 10.9 Å². The fourth-order valence-electron chi connectivity index (χ4n) is 4.48. The second-order valence-corrected chi connectivity index (χ2v) is 11.1. The summed E-state index contributed by atoms with van der Waals surface area (Å²) in [5.41, 5.74) is 7.89. The molecule has 2 amide bonds. The first-order valence-corrected chi connectivity index (χ1v) is 13.4. The Morgan fingerprint density at radius 2 is 1.51 bits per heavy atom. The number of fused-ring (bicyclic) bond motifs is 1. The highest BCUT2D eigenvalue weighted by atomic mass is 35.5. The maximum absolute atomic E-state index is 13.4. The van der Waals surface area contributed by atoms with Crippen molar-refractivity contribution in [3.8, 4) is 11.1 Å². The van der Waals surface area contributed by atoms with Gasteiger partial charge < -0.3 is 10.6 Å². The number of hydrogen-bond acceptors (Lipinski definition) is 5. The van der Waals surface area contributed by atoms with Gasteiger partial charge in [-0.05, 0) is 70.4 Å². The van der Waals surface area contributed by atoms with Gasteiger partial charge in [0.15, 0.2) is 0 Å². The molecule has 188 valence electrons. The number of primary amides is 1. The Kier molecular flexibility index (Phi) is 6.68. The Morgan fingerprint density at radius 3 is 2.22 bits per heavy atom. The number of aromatic nitrogens is 1. The lowest BCUT2D eigenvalue weighted by Gasteiger charge is -2.39. The quantitative estimate of drug-likeness (QED) is 0.420. The SMILES string of the molecule is NC(=O)C1CN(S(=O)(=O)c2ccc3cc(Cl)ccc3c2)CCN1C(=O)c1ccc(-c2ccncc2)cc1. The van der Waals surface area contributed by atoms with Crippen LogP contribution < -0.4 is 5.73 Å². The summed E-state index contributed by atoms with van der Waals surface area (Å²) in [6, 6.07) is 19.6. The Bertz CT molecular complexity index is 1590.